The van der Waals surface area contributed by atoms with Crippen molar-refractivity contribution in [2.45, 2.75) is 6.54 Å². The molecule has 0 spiro atoms. The Hall–Kier alpha value is -2.27. The Morgan fingerprint density at radius 3 is 2.90 bits per heavy atom. The van der Waals surface area contributed by atoms with Crippen LogP contribution in [0.5, 0.6) is 5.75 Å². The largest absolute Gasteiger partial charge is 0.495 e. The van der Waals surface area contributed by atoms with Gasteiger partial charge in [0.2, 0.25) is 5.91 Å². The summed E-state index contributed by atoms with van der Waals surface area (Å²) in [5, 5.41) is 6.31. The SMILES string of the molecule is COc1ccc(NCC(=O)NCc2cccnc2)cc1Cl. The molecule has 1 aromatic carbocycles. The third-order valence-electron chi connectivity index (χ3n) is 2.82. The molecule has 0 aliphatic carbocycles. The van der Waals surface area contributed by atoms with Crippen LogP contribution in [0.25, 0.3) is 0 Å². The minimum absolute atomic E-state index is 0.106. The molecule has 0 aliphatic heterocycles. The zero-order chi connectivity index (χ0) is 15.1. The number of nitrogens with one attached hydrogen (secondary N) is 2. The van der Waals surface area contributed by atoms with Gasteiger partial charge in [0.25, 0.3) is 0 Å². The van der Waals surface area contributed by atoms with Crippen molar-refractivity contribution in [2.24, 2.45) is 0 Å². The van der Waals surface area contributed by atoms with Crippen LogP contribution < -0.4 is 15.4 Å². The maximum Gasteiger partial charge on any atom is 0.239 e. The van der Waals surface area contributed by atoms with E-state index in [4.69, 9.17) is 16.3 Å². The number of aromatic nitrogens is 1. The Bertz CT molecular complexity index is 605. The number of hydrogen-bond donors (Lipinski definition) is 2. The van der Waals surface area contributed by atoms with E-state index in [2.05, 4.69) is 15.6 Å². The first-order valence-electron chi connectivity index (χ1n) is 6.42. The molecule has 1 heterocycles. The summed E-state index contributed by atoms with van der Waals surface area (Å²) >= 11 is 6.01. The number of halogens is 1. The highest BCUT2D eigenvalue weighted by molar-refractivity contribution is 6.32. The summed E-state index contributed by atoms with van der Waals surface area (Å²) in [6.07, 6.45) is 3.41. The van der Waals surface area contributed by atoms with Crippen molar-refractivity contribution in [3.63, 3.8) is 0 Å². The van der Waals surface area contributed by atoms with Crippen molar-refractivity contribution in [2.75, 3.05) is 19.0 Å². The molecule has 2 rings (SSSR count). The lowest BCUT2D eigenvalue weighted by molar-refractivity contribution is -0.119. The Kier molecular flexibility index (Phi) is 5.40. The molecular formula is C15H16ClN3O2. The van der Waals surface area contributed by atoms with E-state index in [0.717, 1.165) is 11.3 Å². The summed E-state index contributed by atoms with van der Waals surface area (Å²) in [5.74, 6) is 0.494. The number of ether oxygens (including phenoxy) is 1. The average molecular weight is 306 g/mol. The number of carbonyl (C=O) groups excluding carboxylic acids is 1. The molecule has 21 heavy (non-hydrogen) atoms. The fraction of sp³-hybridized carbons (Fsp3) is 0.200. The number of rotatable bonds is 6. The highest BCUT2D eigenvalue weighted by atomic mass is 35.5. The fourth-order valence-corrected chi connectivity index (χ4v) is 1.98. The van der Waals surface area contributed by atoms with Gasteiger partial charge in [-0.2, -0.15) is 0 Å². The second kappa shape index (κ2) is 7.50. The molecule has 0 unspecified atom stereocenters. The first kappa shape index (κ1) is 15.1. The molecule has 0 fully saturated rings. The maximum absolute atomic E-state index is 11.7. The molecule has 0 aliphatic rings. The smallest absolute Gasteiger partial charge is 0.239 e. The number of carbonyl (C=O) groups is 1. The number of pyridine rings is 1. The number of nitrogens with zero attached hydrogens (tertiary/aromatic N) is 1. The molecule has 0 bridgehead atoms. The van der Waals surface area contributed by atoms with Crippen molar-refractivity contribution in [3.8, 4) is 5.75 Å². The molecule has 0 saturated heterocycles. The monoisotopic (exact) mass is 305 g/mol. The zero-order valence-corrected chi connectivity index (χ0v) is 12.4. The van der Waals surface area contributed by atoms with Gasteiger partial charge in [0.15, 0.2) is 0 Å². The Balaban J connectivity index is 1.80. The van der Waals surface area contributed by atoms with E-state index in [-0.39, 0.29) is 12.5 Å². The van der Waals surface area contributed by atoms with Crippen molar-refractivity contribution in [1.29, 1.82) is 0 Å². The van der Waals surface area contributed by atoms with Crippen molar-refractivity contribution < 1.29 is 9.53 Å². The van der Waals surface area contributed by atoms with Crippen LogP contribution in [-0.2, 0) is 11.3 Å². The molecule has 1 aromatic heterocycles. The summed E-state index contributed by atoms with van der Waals surface area (Å²) in [6, 6.07) is 9.01. The van der Waals surface area contributed by atoms with Crippen molar-refractivity contribution in [3.05, 3.63) is 53.3 Å². The van der Waals surface area contributed by atoms with Gasteiger partial charge < -0.3 is 15.4 Å². The van der Waals surface area contributed by atoms with Gasteiger partial charge in [-0.1, -0.05) is 17.7 Å². The number of hydrogen-bond acceptors (Lipinski definition) is 4. The van der Waals surface area contributed by atoms with Crippen molar-refractivity contribution >= 4 is 23.2 Å². The van der Waals surface area contributed by atoms with E-state index in [1.54, 1.807) is 37.7 Å². The van der Waals surface area contributed by atoms with Crippen LogP contribution in [0.2, 0.25) is 5.02 Å². The zero-order valence-electron chi connectivity index (χ0n) is 11.6. The number of anilines is 1. The molecule has 2 N–H and O–H groups in total. The fourth-order valence-electron chi connectivity index (χ4n) is 1.72. The molecule has 1 amide bonds. The van der Waals surface area contributed by atoms with Gasteiger partial charge in [0, 0.05) is 24.6 Å². The van der Waals surface area contributed by atoms with Crippen LogP contribution in [-0.4, -0.2) is 24.5 Å². The topological polar surface area (TPSA) is 63.2 Å². The highest BCUT2D eigenvalue weighted by Gasteiger charge is 2.04. The Morgan fingerprint density at radius 1 is 1.38 bits per heavy atom. The van der Waals surface area contributed by atoms with Crippen LogP contribution >= 0.6 is 11.6 Å². The highest BCUT2D eigenvalue weighted by Crippen LogP contribution is 2.26. The van der Waals surface area contributed by atoms with Crippen molar-refractivity contribution in [1.82, 2.24) is 10.3 Å². The molecule has 110 valence electrons. The minimum Gasteiger partial charge on any atom is -0.495 e. The van der Waals surface area contributed by atoms with Crippen LogP contribution in [0.15, 0.2) is 42.7 Å². The summed E-state index contributed by atoms with van der Waals surface area (Å²) in [5.41, 5.74) is 1.72. The molecule has 2 aromatic rings. The van der Waals surface area contributed by atoms with E-state index < -0.39 is 0 Å². The van der Waals surface area contributed by atoms with Gasteiger partial charge in [0.1, 0.15) is 5.75 Å². The van der Waals surface area contributed by atoms with E-state index in [1.807, 2.05) is 12.1 Å². The predicted molar refractivity (Wildman–Crippen MR) is 82.6 cm³/mol. The summed E-state index contributed by atoms with van der Waals surface area (Å²) < 4.78 is 5.07. The molecule has 0 saturated carbocycles. The van der Waals surface area contributed by atoms with E-state index in [9.17, 15) is 4.79 Å². The van der Waals surface area contributed by atoms with Crippen LogP contribution in [0.1, 0.15) is 5.56 Å². The van der Waals surface area contributed by atoms with Gasteiger partial charge in [-0.3, -0.25) is 9.78 Å². The lowest BCUT2D eigenvalue weighted by atomic mass is 10.3. The maximum atomic E-state index is 11.7. The summed E-state index contributed by atoms with van der Waals surface area (Å²) in [7, 11) is 1.56. The number of amides is 1. The standard InChI is InChI=1S/C15H16ClN3O2/c1-21-14-5-4-12(7-13(14)16)18-10-15(20)19-9-11-3-2-6-17-8-11/h2-8,18H,9-10H2,1H3,(H,19,20). The van der Waals surface area contributed by atoms with Gasteiger partial charge in [-0.05, 0) is 29.8 Å². The van der Waals surface area contributed by atoms with Gasteiger partial charge in [0.05, 0.1) is 18.7 Å². The first-order valence-corrected chi connectivity index (χ1v) is 6.80. The molecule has 0 atom stereocenters. The predicted octanol–water partition coefficient (Wildman–Crippen LogP) is 2.47. The quantitative estimate of drug-likeness (QED) is 0.860. The van der Waals surface area contributed by atoms with E-state index >= 15 is 0 Å². The van der Waals surface area contributed by atoms with Crippen LogP contribution in [0.4, 0.5) is 5.69 Å². The van der Waals surface area contributed by atoms with Gasteiger partial charge in [-0.15, -0.1) is 0 Å². The van der Waals surface area contributed by atoms with E-state index in [0.29, 0.717) is 17.3 Å². The molecule has 6 heteroatoms. The first-order chi connectivity index (χ1) is 10.2. The Morgan fingerprint density at radius 2 is 2.24 bits per heavy atom. The lowest BCUT2D eigenvalue weighted by Crippen LogP contribution is -2.29. The molecule has 5 nitrogen and oxygen atoms in total. The van der Waals surface area contributed by atoms with Gasteiger partial charge in [-0.25, -0.2) is 0 Å². The van der Waals surface area contributed by atoms with Gasteiger partial charge >= 0.3 is 0 Å². The Labute approximate surface area is 128 Å². The molecule has 0 radical (unpaired) electrons. The lowest BCUT2D eigenvalue weighted by Gasteiger charge is -2.09. The minimum atomic E-state index is -0.106. The normalized spacial score (nSPS) is 10.0. The third kappa shape index (κ3) is 4.65. The van der Waals surface area contributed by atoms with Crippen LogP contribution in [0, 0.1) is 0 Å². The second-order valence-electron chi connectivity index (χ2n) is 4.34. The summed E-state index contributed by atoms with van der Waals surface area (Å²) in [6.45, 7) is 0.626. The number of methoxy groups -OCH3 is 1. The summed E-state index contributed by atoms with van der Waals surface area (Å²) in [4.78, 5) is 15.7. The van der Waals surface area contributed by atoms with E-state index in [1.165, 1.54) is 0 Å². The third-order valence-corrected chi connectivity index (χ3v) is 3.11. The number of benzene rings is 1. The van der Waals surface area contributed by atoms with Crippen LogP contribution in [0.3, 0.4) is 0 Å². The molecular weight excluding hydrogens is 290 g/mol. The average Bonchev–Trinajstić information content (AvgIpc) is 2.52. The second-order valence-corrected chi connectivity index (χ2v) is 4.75.